The molecule has 25 heavy (non-hydrogen) atoms. The third kappa shape index (κ3) is 3.22. The fourth-order valence-corrected chi connectivity index (χ4v) is 4.54. The van der Waals surface area contributed by atoms with E-state index < -0.39 is 0 Å². The first-order valence-electron chi connectivity index (χ1n) is 9.87. The molecule has 1 aromatic rings. The smallest absolute Gasteiger partial charge is 0.0364 e. The predicted molar refractivity (Wildman–Crippen MR) is 106 cm³/mol. The van der Waals surface area contributed by atoms with Gasteiger partial charge < -0.3 is 15.1 Å². The number of nitrogens with zero attached hydrogens (tertiary/aromatic N) is 2. The number of allylic oxidation sites excluding steroid dienone is 3. The van der Waals surface area contributed by atoms with Crippen LogP contribution in [0.4, 0.5) is 5.69 Å². The van der Waals surface area contributed by atoms with Gasteiger partial charge >= 0.3 is 0 Å². The molecule has 0 spiro atoms. The monoisotopic (exact) mass is 337 g/mol. The number of rotatable bonds is 7. The minimum absolute atomic E-state index is 0.468. The Labute approximate surface area is 152 Å². The van der Waals surface area contributed by atoms with Gasteiger partial charge in [0, 0.05) is 50.0 Å². The molecule has 3 nitrogen and oxygen atoms in total. The molecule has 1 heterocycles. The van der Waals surface area contributed by atoms with Crippen molar-refractivity contribution in [2.24, 2.45) is 5.92 Å². The lowest BCUT2D eigenvalue weighted by molar-refractivity contribution is 0.378. The highest BCUT2D eigenvalue weighted by atomic mass is 15.2. The summed E-state index contributed by atoms with van der Waals surface area (Å²) in [5.74, 6) is 0.881. The number of likely N-dealkylation sites (N-methyl/N-ethyl adjacent to an activating group) is 2. The van der Waals surface area contributed by atoms with Crippen molar-refractivity contribution in [1.82, 2.24) is 10.2 Å². The van der Waals surface area contributed by atoms with Crippen LogP contribution in [0.2, 0.25) is 0 Å². The molecular weight excluding hydrogens is 306 g/mol. The summed E-state index contributed by atoms with van der Waals surface area (Å²) in [5.41, 5.74) is 4.72. The van der Waals surface area contributed by atoms with Crippen LogP contribution in [0.1, 0.15) is 31.7 Å². The van der Waals surface area contributed by atoms with Crippen molar-refractivity contribution in [3.05, 3.63) is 53.8 Å². The molecule has 4 rings (SSSR count). The van der Waals surface area contributed by atoms with Crippen molar-refractivity contribution in [2.45, 2.75) is 31.6 Å². The van der Waals surface area contributed by atoms with Crippen LogP contribution in [0.3, 0.4) is 0 Å². The van der Waals surface area contributed by atoms with Gasteiger partial charge in [0.1, 0.15) is 0 Å². The molecule has 2 fully saturated rings. The van der Waals surface area contributed by atoms with E-state index >= 15 is 0 Å². The van der Waals surface area contributed by atoms with Crippen LogP contribution in [0, 0.1) is 5.92 Å². The summed E-state index contributed by atoms with van der Waals surface area (Å²) >= 11 is 0. The first-order chi connectivity index (χ1) is 12.2. The van der Waals surface area contributed by atoms with Crippen LogP contribution in [0.25, 0.3) is 0 Å². The van der Waals surface area contributed by atoms with Crippen LogP contribution in [-0.4, -0.2) is 44.7 Å². The van der Waals surface area contributed by atoms with Gasteiger partial charge in [0.25, 0.3) is 0 Å². The van der Waals surface area contributed by atoms with E-state index in [0.717, 1.165) is 25.6 Å². The van der Waals surface area contributed by atoms with Crippen LogP contribution in [-0.2, 0) is 5.41 Å². The fourth-order valence-electron chi connectivity index (χ4n) is 4.54. The van der Waals surface area contributed by atoms with E-state index in [2.05, 4.69) is 71.6 Å². The number of piperidine rings is 1. The second kappa shape index (κ2) is 6.87. The molecule has 1 saturated heterocycles. The zero-order chi connectivity index (χ0) is 17.3. The molecule has 1 aromatic carbocycles. The third-order valence-electron chi connectivity index (χ3n) is 6.37. The lowest BCUT2D eigenvalue weighted by Crippen LogP contribution is -2.32. The Balaban J connectivity index is 1.35. The molecule has 0 amide bonds. The topological polar surface area (TPSA) is 18.5 Å². The van der Waals surface area contributed by atoms with Gasteiger partial charge in [0.2, 0.25) is 0 Å². The summed E-state index contributed by atoms with van der Waals surface area (Å²) < 4.78 is 0. The van der Waals surface area contributed by atoms with Crippen molar-refractivity contribution in [3.63, 3.8) is 0 Å². The fraction of sp³-hybridized carbons (Fsp3) is 0.545. The van der Waals surface area contributed by atoms with E-state index in [1.807, 2.05) is 0 Å². The highest BCUT2D eigenvalue weighted by molar-refractivity contribution is 5.50. The lowest BCUT2D eigenvalue weighted by atomic mass is 9.95. The van der Waals surface area contributed by atoms with Gasteiger partial charge in [0.15, 0.2) is 0 Å². The van der Waals surface area contributed by atoms with Gasteiger partial charge in [-0.2, -0.15) is 0 Å². The summed E-state index contributed by atoms with van der Waals surface area (Å²) in [5, 5.41) is 3.54. The van der Waals surface area contributed by atoms with Crippen molar-refractivity contribution in [1.29, 1.82) is 0 Å². The lowest BCUT2D eigenvalue weighted by Gasteiger charge is -2.29. The molecule has 1 saturated carbocycles. The maximum absolute atomic E-state index is 3.54. The minimum atomic E-state index is 0.468. The van der Waals surface area contributed by atoms with E-state index in [1.54, 1.807) is 0 Å². The second-order valence-corrected chi connectivity index (χ2v) is 7.84. The van der Waals surface area contributed by atoms with E-state index in [0.29, 0.717) is 5.41 Å². The third-order valence-corrected chi connectivity index (χ3v) is 6.37. The van der Waals surface area contributed by atoms with Crippen molar-refractivity contribution >= 4 is 5.69 Å². The Morgan fingerprint density at radius 1 is 1.16 bits per heavy atom. The molecule has 134 valence electrons. The average molecular weight is 338 g/mol. The number of hydrogen-bond acceptors (Lipinski definition) is 3. The average Bonchev–Trinajstić information content (AvgIpc) is 3.24. The Morgan fingerprint density at radius 3 is 2.60 bits per heavy atom. The predicted octanol–water partition coefficient (Wildman–Crippen LogP) is 3.54. The van der Waals surface area contributed by atoms with Gasteiger partial charge in [-0.15, -0.1) is 0 Å². The van der Waals surface area contributed by atoms with E-state index in [-0.39, 0.29) is 0 Å². The number of fused-ring (bicyclic) bond motifs is 1. The molecule has 0 radical (unpaired) electrons. The first-order valence-corrected chi connectivity index (χ1v) is 9.87. The zero-order valence-corrected chi connectivity index (χ0v) is 15.7. The maximum Gasteiger partial charge on any atom is 0.0364 e. The van der Waals surface area contributed by atoms with Crippen molar-refractivity contribution < 1.29 is 0 Å². The summed E-state index contributed by atoms with van der Waals surface area (Å²) in [6, 6.07) is 9.35. The molecule has 3 heteroatoms. The second-order valence-electron chi connectivity index (χ2n) is 7.84. The first kappa shape index (κ1) is 16.7. The van der Waals surface area contributed by atoms with Crippen LogP contribution in [0.5, 0.6) is 0 Å². The number of nitrogens with one attached hydrogen (secondary N) is 1. The van der Waals surface area contributed by atoms with Gasteiger partial charge in [-0.05, 0) is 62.4 Å². The largest absolute Gasteiger partial charge is 0.373 e. The quantitative estimate of drug-likeness (QED) is 0.821. The van der Waals surface area contributed by atoms with E-state index in [1.165, 1.54) is 49.3 Å². The van der Waals surface area contributed by atoms with E-state index in [9.17, 15) is 0 Å². The summed E-state index contributed by atoms with van der Waals surface area (Å²) in [6.45, 7) is 7.81. The van der Waals surface area contributed by atoms with Crippen LogP contribution < -0.4 is 10.2 Å². The maximum atomic E-state index is 3.54. The number of anilines is 1. The van der Waals surface area contributed by atoms with Crippen LogP contribution >= 0.6 is 0 Å². The zero-order valence-electron chi connectivity index (χ0n) is 15.7. The number of benzene rings is 1. The van der Waals surface area contributed by atoms with Gasteiger partial charge in [0.05, 0.1) is 0 Å². The molecule has 0 bridgehead atoms. The van der Waals surface area contributed by atoms with Gasteiger partial charge in [-0.1, -0.05) is 24.3 Å². The summed E-state index contributed by atoms with van der Waals surface area (Å²) in [7, 11) is 2.21. The normalized spacial score (nSPS) is 27.0. The Hall–Kier alpha value is -1.74. The highest BCUT2D eigenvalue weighted by Crippen LogP contribution is 2.56. The van der Waals surface area contributed by atoms with Crippen LogP contribution in [0.15, 0.2) is 48.2 Å². The Bertz CT molecular complexity index is 660. The molecule has 1 aliphatic heterocycles. The molecule has 0 aromatic heterocycles. The molecule has 2 aliphatic carbocycles. The van der Waals surface area contributed by atoms with Gasteiger partial charge in [-0.3, -0.25) is 0 Å². The number of hydrogen-bond donors (Lipinski definition) is 1. The van der Waals surface area contributed by atoms with Gasteiger partial charge in [-0.25, -0.2) is 0 Å². The SMILES string of the molecule is CCN(CCN(C)c1ccc(C23CNCC2C3)cc1)C1=CCCC=C1. The molecule has 2 atom stereocenters. The summed E-state index contributed by atoms with van der Waals surface area (Å²) in [6.07, 6.45) is 10.7. The molecule has 2 unspecified atom stereocenters. The molecule has 1 N–H and O–H groups in total. The Morgan fingerprint density at radius 2 is 2.00 bits per heavy atom. The standard InChI is InChI=1S/C22H31N3/c1-3-25(21-7-5-4-6-8-21)14-13-24(2)20-11-9-18(10-12-20)22-15-19(22)16-23-17-22/h5,7-12,19,23H,3-4,6,13-17H2,1-2H3. The van der Waals surface area contributed by atoms with E-state index in [4.69, 9.17) is 0 Å². The Kier molecular flexibility index (Phi) is 4.60. The molecular formula is C22H31N3. The molecule has 3 aliphatic rings. The highest BCUT2D eigenvalue weighted by Gasteiger charge is 2.57. The minimum Gasteiger partial charge on any atom is -0.373 e. The summed E-state index contributed by atoms with van der Waals surface area (Å²) in [4.78, 5) is 4.87. The van der Waals surface area contributed by atoms with Crippen molar-refractivity contribution in [3.8, 4) is 0 Å². The van der Waals surface area contributed by atoms with Crippen molar-refractivity contribution in [2.75, 3.05) is 44.7 Å².